The van der Waals surface area contributed by atoms with E-state index in [2.05, 4.69) is 10.6 Å². The van der Waals surface area contributed by atoms with E-state index in [1.165, 1.54) is 0 Å². The molecule has 96 valence electrons. The molecule has 1 saturated carbocycles. The molecule has 2 atom stereocenters. The molecule has 4 nitrogen and oxygen atoms in total. The van der Waals surface area contributed by atoms with Crippen molar-refractivity contribution in [2.24, 2.45) is 5.41 Å². The zero-order valence-corrected chi connectivity index (χ0v) is 10.3. The second-order valence-corrected chi connectivity index (χ2v) is 5.25. The number of hydrogen-bond donors (Lipinski definition) is 2. The number of carbonyl (C=O) groups excluding carboxylic acids is 1. The SMILES string of the molecule is O=C(NC1CC12CCNC2)OCc1ccccc1. The van der Waals surface area contributed by atoms with Crippen molar-refractivity contribution in [2.45, 2.75) is 25.5 Å². The highest BCUT2D eigenvalue weighted by Gasteiger charge is 2.56. The van der Waals surface area contributed by atoms with E-state index < -0.39 is 0 Å². The van der Waals surface area contributed by atoms with Gasteiger partial charge in [-0.3, -0.25) is 0 Å². The summed E-state index contributed by atoms with van der Waals surface area (Å²) in [6, 6.07) is 10.0. The Bertz CT molecular complexity index is 427. The highest BCUT2D eigenvalue weighted by Crippen LogP contribution is 2.50. The second-order valence-electron chi connectivity index (χ2n) is 5.25. The first-order chi connectivity index (χ1) is 8.78. The lowest BCUT2D eigenvalue weighted by Crippen LogP contribution is -2.31. The number of amides is 1. The van der Waals surface area contributed by atoms with E-state index in [9.17, 15) is 4.79 Å². The van der Waals surface area contributed by atoms with Crippen molar-refractivity contribution in [2.75, 3.05) is 13.1 Å². The van der Waals surface area contributed by atoms with Crippen LogP contribution in [-0.4, -0.2) is 25.2 Å². The molecule has 1 spiro atoms. The number of hydrogen-bond acceptors (Lipinski definition) is 3. The molecule has 2 N–H and O–H groups in total. The fourth-order valence-electron chi connectivity index (χ4n) is 2.69. The van der Waals surface area contributed by atoms with Crippen molar-refractivity contribution < 1.29 is 9.53 Å². The van der Waals surface area contributed by atoms with Crippen LogP contribution in [0.1, 0.15) is 18.4 Å². The monoisotopic (exact) mass is 246 g/mol. The maximum absolute atomic E-state index is 11.7. The third kappa shape index (κ3) is 2.34. The minimum absolute atomic E-state index is 0.298. The number of carbonyl (C=O) groups is 1. The van der Waals surface area contributed by atoms with Gasteiger partial charge < -0.3 is 15.4 Å². The van der Waals surface area contributed by atoms with Crippen molar-refractivity contribution in [1.29, 1.82) is 0 Å². The van der Waals surface area contributed by atoms with E-state index in [-0.39, 0.29) is 6.09 Å². The lowest BCUT2D eigenvalue weighted by Gasteiger charge is -2.10. The van der Waals surface area contributed by atoms with Gasteiger partial charge in [0.15, 0.2) is 0 Å². The van der Waals surface area contributed by atoms with Crippen LogP contribution in [0.25, 0.3) is 0 Å². The summed E-state index contributed by atoms with van der Waals surface area (Å²) in [5.41, 5.74) is 1.34. The van der Waals surface area contributed by atoms with Gasteiger partial charge in [-0.1, -0.05) is 30.3 Å². The summed E-state index contributed by atoms with van der Waals surface area (Å²) in [6.45, 7) is 2.43. The number of rotatable bonds is 3. The molecule has 2 aliphatic rings. The molecular formula is C14H18N2O2. The molecule has 3 rings (SSSR count). The summed E-state index contributed by atoms with van der Waals surface area (Å²) in [5, 5.41) is 6.30. The lowest BCUT2D eigenvalue weighted by atomic mass is 10.1. The van der Waals surface area contributed by atoms with Crippen LogP contribution in [0.5, 0.6) is 0 Å². The normalized spacial score (nSPS) is 29.2. The average molecular weight is 246 g/mol. The topological polar surface area (TPSA) is 50.4 Å². The summed E-state index contributed by atoms with van der Waals surface area (Å²) in [4.78, 5) is 11.7. The van der Waals surface area contributed by atoms with Gasteiger partial charge in [0, 0.05) is 18.0 Å². The number of ether oxygens (including phenoxy) is 1. The lowest BCUT2D eigenvalue weighted by molar-refractivity contribution is 0.137. The van der Waals surface area contributed by atoms with Crippen LogP contribution in [0.4, 0.5) is 4.79 Å². The Morgan fingerprint density at radius 1 is 1.44 bits per heavy atom. The van der Waals surface area contributed by atoms with Crippen LogP contribution >= 0.6 is 0 Å². The Balaban J connectivity index is 1.43. The number of alkyl carbamates (subject to hydrolysis) is 1. The molecule has 1 amide bonds. The van der Waals surface area contributed by atoms with Crippen molar-refractivity contribution in [1.82, 2.24) is 10.6 Å². The molecule has 0 bridgehead atoms. The van der Waals surface area contributed by atoms with Gasteiger partial charge in [-0.15, -0.1) is 0 Å². The maximum Gasteiger partial charge on any atom is 0.407 e. The molecule has 1 heterocycles. The molecule has 4 heteroatoms. The molecule has 1 aliphatic carbocycles. The molecule has 2 unspecified atom stereocenters. The van der Waals surface area contributed by atoms with Crippen molar-refractivity contribution in [3.05, 3.63) is 35.9 Å². The van der Waals surface area contributed by atoms with Gasteiger partial charge in [0.1, 0.15) is 6.61 Å². The van der Waals surface area contributed by atoms with E-state index in [1.54, 1.807) is 0 Å². The molecule has 0 radical (unpaired) electrons. The van der Waals surface area contributed by atoms with Crippen LogP contribution in [-0.2, 0) is 11.3 Å². The van der Waals surface area contributed by atoms with Crippen LogP contribution in [0, 0.1) is 5.41 Å². The predicted octanol–water partition coefficient (Wildman–Crippen LogP) is 1.66. The molecule has 18 heavy (non-hydrogen) atoms. The predicted molar refractivity (Wildman–Crippen MR) is 68.1 cm³/mol. The first-order valence-electron chi connectivity index (χ1n) is 6.46. The van der Waals surface area contributed by atoms with E-state index in [1.807, 2.05) is 30.3 Å². The second kappa shape index (κ2) is 4.61. The minimum Gasteiger partial charge on any atom is -0.445 e. The van der Waals surface area contributed by atoms with Gasteiger partial charge in [-0.05, 0) is 24.9 Å². The van der Waals surface area contributed by atoms with E-state index in [4.69, 9.17) is 4.74 Å². The molecule has 1 aromatic rings. The Hall–Kier alpha value is -1.55. The van der Waals surface area contributed by atoms with Gasteiger partial charge in [0.25, 0.3) is 0 Å². The summed E-state index contributed by atoms with van der Waals surface area (Å²) in [7, 11) is 0. The van der Waals surface area contributed by atoms with Gasteiger partial charge in [-0.25, -0.2) is 4.79 Å². The van der Waals surface area contributed by atoms with E-state index in [0.717, 1.165) is 31.5 Å². The molecule has 1 aliphatic heterocycles. The van der Waals surface area contributed by atoms with Gasteiger partial charge in [-0.2, -0.15) is 0 Å². The highest BCUT2D eigenvalue weighted by molar-refractivity contribution is 5.68. The third-order valence-corrected chi connectivity index (χ3v) is 3.97. The molecule has 2 fully saturated rings. The minimum atomic E-state index is -0.298. The molecule has 1 saturated heterocycles. The number of benzene rings is 1. The van der Waals surface area contributed by atoms with Crippen LogP contribution in [0.2, 0.25) is 0 Å². The zero-order valence-electron chi connectivity index (χ0n) is 10.3. The smallest absolute Gasteiger partial charge is 0.407 e. The Kier molecular flexibility index (Phi) is 2.96. The van der Waals surface area contributed by atoms with Crippen molar-refractivity contribution in [3.8, 4) is 0 Å². The molecular weight excluding hydrogens is 228 g/mol. The molecule has 0 aromatic heterocycles. The van der Waals surface area contributed by atoms with Crippen LogP contribution in [0.15, 0.2) is 30.3 Å². The quantitative estimate of drug-likeness (QED) is 0.853. The van der Waals surface area contributed by atoms with Crippen molar-refractivity contribution >= 4 is 6.09 Å². The molecule has 1 aromatic carbocycles. The highest BCUT2D eigenvalue weighted by atomic mass is 16.5. The van der Waals surface area contributed by atoms with Gasteiger partial charge in [0.2, 0.25) is 0 Å². The standard InChI is InChI=1S/C14H18N2O2/c17-13(18-9-11-4-2-1-3-5-11)16-12-8-14(12)6-7-15-10-14/h1-5,12,15H,6-10H2,(H,16,17). The van der Waals surface area contributed by atoms with Crippen LogP contribution < -0.4 is 10.6 Å². The number of nitrogens with one attached hydrogen (secondary N) is 2. The van der Waals surface area contributed by atoms with Crippen LogP contribution in [0.3, 0.4) is 0 Å². The van der Waals surface area contributed by atoms with Gasteiger partial charge in [0.05, 0.1) is 0 Å². The van der Waals surface area contributed by atoms with E-state index >= 15 is 0 Å². The summed E-state index contributed by atoms with van der Waals surface area (Å²) in [6.07, 6.45) is 1.95. The van der Waals surface area contributed by atoms with E-state index in [0.29, 0.717) is 18.1 Å². The Labute approximate surface area is 107 Å². The zero-order chi connectivity index (χ0) is 12.4. The van der Waals surface area contributed by atoms with Crippen molar-refractivity contribution in [3.63, 3.8) is 0 Å². The maximum atomic E-state index is 11.7. The fraction of sp³-hybridized carbons (Fsp3) is 0.500. The summed E-state index contributed by atoms with van der Waals surface area (Å²) < 4.78 is 5.21. The first kappa shape index (κ1) is 11.5. The summed E-state index contributed by atoms with van der Waals surface area (Å²) >= 11 is 0. The Morgan fingerprint density at radius 3 is 3.00 bits per heavy atom. The first-order valence-corrected chi connectivity index (χ1v) is 6.46. The fourth-order valence-corrected chi connectivity index (χ4v) is 2.69. The summed E-state index contributed by atoms with van der Waals surface area (Å²) in [5.74, 6) is 0. The average Bonchev–Trinajstić information content (AvgIpc) is 2.84. The Morgan fingerprint density at radius 2 is 2.28 bits per heavy atom. The van der Waals surface area contributed by atoms with Gasteiger partial charge >= 0.3 is 6.09 Å². The third-order valence-electron chi connectivity index (χ3n) is 3.97. The largest absolute Gasteiger partial charge is 0.445 e.